The molecule has 0 saturated heterocycles. The molecule has 18 heavy (non-hydrogen) atoms. The van der Waals surface area contributed by atoms with Gasteiger partial charge in [0.2, 0.25) is 10.0 Å². The van der Waals surface area contributed by atoms with Crippen LogP contribution in [0.15, 0.2) is 12.4 Å². The van der Waals surface area contributed by atoms with Gasteiger partial charge in [-0.2, -0.15) is 0 Å². The second kappa shape index (κ2) is 5.68. The molecule has 1 aromatic heterocycles. The first-order chi connectivity index (χ1) is 8.21. The minimum Gasteiger partial charge on any atom is -0.366 e. The van der Waals surface area contributed by atoms with Crippen molar-refractivity contribution in [1.29, 1.82) is 0 Å². The zero-order chi connectivity index (χ0) is 13.9. The average molecular weight is 277 g/mol. The zero-order valence-corrected chi connectivity index (χ0v) is 11.2. The normalized spacial score (nSPS) is 15.7. The fraction of sp³-hybridized carbons (Fsp3) is 0.600. The summed E-state index contributed by atoms with van der Waals surface area (Å²) in [6.07, 6.45) is 0.734. The lowest BCUT2D eigenvalue weighted by Crippen LogP contribution is -2.34. The average Bonchev–Trinajstić information content (AvgIpc) is 2.25. The Morgan fingerprint density at radius 2 is 1.78 bits per heavy atom. The molecule has 1 heterocycles. The van der Waals surface area contributed by atoms with Gasteiger partial charge in [-0.3, -0.25) is 0 Å². The number of halogens is 1. The SMILES string of the molecule is CC(C)O[C@@H](c1ncc(F)cn1)[C@H](C)S(N)(=O)=O. The number of nitrogens with two attached hydrogens (primary N) is 1. The van der Waals surface area contributed by atoms with Gasteiger partial charge in [0.05, 0.1) is 18.5 Å². The maximum absolute atomic E-state index is 12.7. The van der Waals surface area contributed by atoms with E-state index in [0.29, 0.717) is 0 Å². The van der Waals surface area contributed by atoms with E-state index in [9.17, 15) is 12.8 Å². The number of primary sulfonamides is 1. The summed E-state index contributed by atoms with van der Waals surface area (Å²) in [5, 5.41) is 4.06. The Hall–Kier alpha value is -1.12. The van der Waals surface area contributed by atoms with Gasteiger partial charge in [-0.15, -0.1) is 0 Å². The second-order valence-electron chi connectivity index (χ2n) is 4.16. The Balaban J connectivity index is 3.09. The van der Waals surface area contributed by atoms with Gasteiger partial charge in [0, 0.05) is 0 Å². The van der Waals surface area contributed by atoms with Gasteiger partial charge in [0.1, 0.15) is 11.4 Å². The molecule has 6 nitrogen and oxygen atoms in total. The van der Waals surface area contributed by atoms with Gasteiger partial charge in [-0.25, -0.2) is 27.9 Å². The van der Waals surface area contributed by atoms with Crippen molar-refractivity contribution in [1.82, 2.24) is 9.97 Å². The smallest absolute Gasteiger partial charge is 0.214 e. The van der Waals surface area contributed by atoms with Crippen LogP contribution >= 0.6 is 0 Å². The summed E-state index contributed by atoms with van der Waals surface area (Å²) in [7, 11) is -3.80. The van der Waals surface area contributed by atoms with E-state index in [4.69, 9.17) is 9.88 Å². The Labute approximate surface area is 105 Å². The molecule has 0 bridgehead atoms. The standard InChI is InChI=1S/C10H16FN3O3S/c1-6(2)17-9(7(3)18(12,15)16)10-13-4-8(11)5-14-10/h4-7,9H,1-3H3,(H2,12,15,16)/t7-,9+/m0/s1. The van der Waals surface area contributed by atoms with Crippen LogP contribution < -0.4 is 5.14 Å². The van der Waals surface area contributed by atoms with Crippen molar-refractivity contribution in [3.05, 3.63) is 24.0 Å². The van der Waals surface area contributed by atoms with Crippen LogP contribution in [-0.4, -0.2) is 29.7 Å². The van der Waals surface area contributed by atoms with Crippen molar-refractivity contribution in [3.63, 3.8) is 0 Å². The van der Waals surface area contributed by atoms with Crippen molar-refractivity contribution >= 4 is 10.0 Å². The van der Waals surface area contributed by atoms with E-state index in [1.807, 2.05) is 0 Å². The highest BCUT2D eigenvalue weighted by Gasteiger charge is 2.31. The van der Waals surface area contributed by atoms with Gasteiger partial charge in [-0.1, -0.05) is 0 Å². The fourth-order valence-electron chi connectivity index (χ4n) is 1.32. The number of rotatable bonds is 5. The number of aromatic nitrogens is 2. The van der Waals surface area contributed by atoms with Crippen LogP contribution in [0.25, 0.3) is 0 Å². The van der Waals surface area contributed by atoms with Crippen LogP contribution in [-0.2, 0) is 14.8 Å². The molecule has 102 valence electrons. The summed E-state index contributed by atoms with van der Waals surface area (Å²) in [4.78, 5) is 7.47. The lowest BCUT2D eigenvalue weighted by atomic mass is 10.2. The summed E-state index contributed by atoms with van der Waals surface area (Å²) in [5.41, 5.74) is 0. The van der Waals surface area contributed by atoms with E-state index in [-0.39, 0.29) is 11.9 Å². The van der Waals surface area contributed by atoms with E-state index in [0.717, 1.165) is 12.4 Å². The zero-order valence-electron chi connectivity index (χ0n) is 10.4. The highest BCUT2D eigenvalue weighted by molar-refractivity contribution is 7.89. The topological polar surface area (TPSA) is 95.2 Å². The third kappa shape index (κ3) is 3.97. The molecular formula is C10H16FN3O3S. The van der Waals surface area contributed by atoms with E-state index in [1.54, 1.807) is 13.8 Å². The van der Waals surface area contributed by atoms with Gasteiger partial charge in [0.25, 0.3) is 0 Å². The Morgan fingerprint density at radius 1 is 1.28 bits per heavy atom. The molecule has 0 aliphatic carbocycles. The second-order valence-corrected chi connectivity index (χ2v) is 6.08. The van der Waals surface area contributed by atoms with Crippen LogP contribution in [0.1, 0.15) is 32.7 Å². The molecule has 1 rings (SSSR count). The monoisotopic (exact) mass is 277 g/mol. The van der Waals surface area contributed by atoms with Gasteiger partial charge < -0.3 is 4.74 Å². The highest BCUT2D eigenvalue weighted by atomic mass is 32.2. The first-order valence-electron chi connectivity index (χ1n) is 5.36. The van der Waals surface area contributed by atoms with Crippen molar-refractivity contribution in [2.45, 2.75) is 38.2 Å². The summed E-state index contributed by atoms with van der Waals surface area (Å²) in [6, 6.07) is 0. The molecule has 0 aliphatic rings. The third-order valence-electron chi connectivity index (χ3n) is 2.26. The molecule has 0 fully saturated rings. The Kier molecular flexibility index (Phi) is 4.71. The van der Waals surface area contributed by atoms with Crippen molar-refractivity contribution in [3.8, 4) is 0 Å². The van der Waals surface area contributed by atoms with Crippen LogP contribution in [0.4, 0.5) is 4.39 Å². The predicted molar refractivity (Wildman–Crippen MR) is 63.5 cm³/mol. The molecule has 2 atom stereocenters. The number of hydrogen-bond donors (Lipinski definition) is 1. The van der Waals surface area contributed by atoms with E-state index in [2.05, 4.69) is 9.97 Å². The van der Waals surface area contributed by atoms with Crippen LogP contribution in [0, 0.1) is 5.82 Å². The number of ether oxygens (including phenoxy) is 1. The third-order valence-corrected chi connectivity index (χ3v) is 3.54. The quantitative estimate of drug-likeness (QED) is 0.857. The highest BCUT2D eigenvalue weighted by Crippen LogP contribution is 2.23. The first-order valence-corrected chi connectivity index (χ1v) is 6.97. The number of hydrogen-bond acceptors (Lipinski definition) is 5. The minimum atomic E-state index is -3.80. The van der Waals surface area contributed by atoms with Crippen LogP contribution in [0.2, 0.25) is 0 Å². The molecule has 1 aromatic rings. The first kappa shape index (κ1) is 14.9. The summed E-state index contributed by atoms with van der Waals surface area (Å²) in [5.74, 6) is -0.517. The molecule has 8 heteroatoms. The summed E-state index contributed by atoms with van der Waals surface area (Å²) in [6.45, 7) is 4.88. The van der Waals surface area contributed by atoms with Crippen molar-refractivity contribution in [2.24, 2.45) is 5.14 Å². The molecule has 0 amide bonds. The molecule has 0 spiro atoms. The molecule has 0 aliphatic heterocycles. The molecule has 0 unspecified atom stereocenters. The Morgan fingerprint density at radius 3 is 2.17 bits per heavy atom. The fourth-order valence-corrected chi connectivity index (χ4v) is 1.85. The molecule has 0 radical (unpaired) electrons. The molecule has 2 N–H and O–H groups in total. The van der Waals surface area contributed by atoms with Gasteiger partial charge >= 0.3 is 0 Å². The van der Waals surface area contributed by atoms with E-state index < -0.39 is 27.2 Å². The van der Waals surface area contributed by atoms with Gasteiger partial charge in [-0.05, 0) is 20.8 Å². The molecular weight excluding hydrogens is 261 g/mol. The maximum atomic E-state index is 12.7. The molecule has 0 saturated carbocycles. The Bertz CT molecular complexity index is 490. The minimum absolute atomic E-state index is 0.0895. The van der Waals surface area contributed by atoms with Crippen LogP contribution in [0.5, 0.6) is 0 Å². The summed E-state index contributed by atoms with van der Waals surface area (Å²) >= 11 is 0. The van der Waals surface area contributed by atoms with Crippen molar-refractivity contribution < 1.29 is 17.5 Å². The number of sulfonamides is 1. The summed E-state index contributed by atoms with van der Waals surface area (Å²) < 4.78 is 40.9. The van der Waals surface area contributed by atoms with Crippen molar-refractivity contribution in [2.75, 3.05) is 0 Å². The van der Waals surface area contributed by atoms with Gasteiger partial charge in [0.15, 0.2) is 11.6 Å². The van der Waals surface area contributed by atoms with E-state index >= 15 is 0 Å². The predicted octanol–water partition coefficient (Wildman–Crippen LogP) is 0.759. The maximum Gasteiger partial charge on any atom is 0.214 e. The largest absolute Gasteiger partial charge is 0.366 e. The van der Waals surface area contributed by atoms with Crippen LogP contribution in [0.3, 0.4) is 0 Å². The number of nitrogens with zero attached hydrogens (tertiary/aromatic N) is 2. The lowest BCUT2D eigenvalue weighted by molar-refractivity contribution is 0.00136. The van der Waals surface area contributed by atoms with E-state index in [1.165, 1.54) is 6.92 Å². The molecule has 0 aromatic carbocycles. The lowest BCUT2D eigenvalue weighted by Gasteiger charge is -2.23.